The lowest BCUT2D eigenvalue weighted by atomic mass is 10.1. The van der Waals surface area contributed by atoms with Crippen molar-refractivity contribution in [3.63, 3.8) is 0 Å². The van der Waals surface area contributed by atoms with Crippen LogP contribution in [0, 0.1) is 6.92 Å². The molecule has 0 bridgehead atoms. The summed E-state index contributed by atoms with van der Waals surface area (Å²) in [6, 6.07) is 12.3. The first-order valence-corrected chi connectivity index (χ1v) is 6.32. The minimum atomic E-state index is -0.163. The molecule has 0 atom stereocenters. The van der Waals surface area contributed by atoms with Crippen LogP contribution in [0.4, 0.5) is 5.69 Å². The SMILES string of the molecule is Cc1cc(O)ccc1NC(=O)c1cccc2[nH]ccc12. The maximum Gasteiger partial charge on any atom is 0.256 e. The number of phenols is 1. The van der Waals surface area contributed by atoms with Crippen LogP contribution in [0.5, 0.6) is 5.75 Å². The number of amides is 1. The molecule has 1 amide bonds. The molecule has 1 heterocycles. The van der Waals surface area contributed by atoms with Crippen molar-refractivity contribution in [3.8, 4) is 5.75 Å². The number of aromatic amines is 1. The molecule has 4 nitrogen and oxygen atoms in total. The van der Waals surface area contributed by atoms with Gasteiger partial charge in [-0.15, -0.1) is 0 Å². The van der Waals surface area contributed by atoms with Gasteiger partial charge in [0.25, 0.3) is 5.91 Å². The van der Waals surface area contributed by atoms with Crippen molar-refractivity contribution in [2.45, 2.75) is 6.92 Å². The summed E-state index contributed by atoms with van der Waals surface area (Å²) in [5, 5.41) is 13.1. The van der Waals surface area contributed by atoms with E-state index in [0.29, 0.717) is 11.3 Å². The highest BCUT2D eigenvalue weighted by Gasteiger charge is 2.11. The maximum absolute atomic E-state index is 12.4. The van der Waals surface area contributed by atoms with Gasteiger partial charge in [-0.1, -0.05) is 6.07 Å². The van der Waals surface area contributed by atoms with Gasteiger partial charge < -0.3 is 15.4 Å². The number of aromatic hydroxyl groups is 1. The molecule has 0 spiro atoms. The summed E-state index contributed by atoms with van der Waals surface area (Å²) in [6.07, 6.45) is 1.81. The van der Waals surface area contributed by atoms with Crippen molar-refractivity contribution in [1.29, 1.82) is 0 Å². The smallest absolute Gasteiger partial charge is 0.256 e. The standard InChI is InChI=1S/C16H14N2O2/c1-10-9-11(19)5-6-14(10)18-16(20)13-3-2-4-15-12(13)7-8-17-15/h2-9,17,19H,1H3,(H,18,20). The van der Waals surface area contributed by atoms with Gasteiger partial charge in [0.1, 0.15) is 5.75 Å². The Bertz CT molecular complexity index is 790. The van der Waals surface area contributed by atoms with E-state index in [1.165, 1.54) is 0 Å². The second kappa shape index (κ2) is 4.74. The highest BCUT2D eigenvalue weighted by atomic mass is 16.3. The largest absolute Gasteiger partial charge is 0.508 e. The molecule has 2 aromatic carbocycles. The van der Waals surface area contributed by atoms with Gasteiger partial charge in [0.15, 0.2) is 0 Å². The van der Waals surface area contributed by atoms with Gasteiger partial charge in [-0.05, 0) is 48.9 Å². The summed E-state index contributed by atoms with van der Waals surface area (Å²) in [6.45, 7) is 1.84. The Morgan fingerprint density at radius 1 is 1.20 bits per heavy atom. The lowest BCUT2D eigenvalue weighted by Gasteiger charge is -2.09. The van der Waals surface area contributed by atoms with Crippen LogP contribution in [0.25, 0.3) is 10.9 Å². The molecule has 20 heavy (non-hydrogen) atoms. The Morgan fingerprint density at radius 2 is 2.05 bits per heavy atom. The van der Waals surface area contributed by atoms with E-state index in [1.807, 2.05) is 31.3 Å². The lowest BCUT2D eigenvalue weighted by Crippen LogP contribution is -2.12. The van der Waals surface area contributed by atoms with E-state index in [0.717, 1.165) is 16.5 Å². The molecule has 4 heteroatoms. The van der Waals surface area contributed by atoms with Crippen molar-refractivity contribution in [1.82, 2.24) is 4.98 Å². The third-order valence-electron chi connectivity index (χ3n) is 3.30. The van der Waals surface area contributed by atoms with E-state index in [-0.39, 0.29) is 11.7 Å². The molecular weight excluding hydrogens is 252 g/mol. The third kappa shape index (κ3) is 2.12. The Morgan fingerprint density at radius 3 is 2.85 bits per heavy atom. The number of carbonyl (C=O) groups excluding carboxylic acids is 1. The average molecular weight is 266 g/mol. The first-order valence-electron chi connectivity index (χ1n) is 6.32. The summed E-state index contributed by atoms with van der Waals surface area (Å²) < 4.78 is 0. The monoisotopic (exact) mass is 266 g/mol. The molecule has 3 aromatic rings. The van der Waals surface area contributed by atoms with Gasteiger partial charge in [0, 0.05) is 28.4 Å². The number of aromatic nitrogens is 1. The van der Waals surface area contributed by atoms with E-state index >= 15 is 0 Å². The molecule has 3 rings (SSSR count). The van der Waals surface area contributed by atoms with Gasteiger partial charge in [-0.25, -0.2) is 0 Å². The van der Waals surface area contributed by atoms with Gasteiger partial charge >= 0.3 is 0 Å². The number of carbonyl (C=O) groups is 1. The summed E-state index contributed by atoms with van der Waals surface area (Å²) in [5.41, 5.74) is 3.07. The number of phenolic OH excluding ortho intramolecular Hbond substituents is 1. The quantitative estimate of drug-likeness (QED) is 0.622. The van der Waals surface area contributed by atoms with E-state index in [1.54, 1.807) is 24.3 Å². The molecule has 0 unspecified atom stereocenters. The van der Waals surface area contributed by atoms with Crippen LogP contribution in [-0.4, -0.2) is 16.0 Å². The topological polar surface area (TPSA) is 65.1 Å². The van der Waals surface area contributed by atoms with Crippen molar-refractivity contribution >= 4 is 22.5 Å². The van der Waals surface area contributed by atoms with Crippen LogP contribution in [0.15, 0.2) is 48.7 Å². The average Bonchev–Trinajstić information content (AvgIpc) is 2.90. The number of hydrogen-bond acceptors (Lipinski definition) is 2. The first-order chi connectivity index (χ1) is 9.65. The minimum absolute atomic E-state index is 0.163. The Hall–Kier alpha value is -2.75. The highest BCUT2D eigenvalue weighted by Crippen LogP contribution is 2.23. The zero-order chi connectivity index (χ0) is 14.1. The molecular formula is C16H14N2O2. The van der Waals surface area contributed by atoms with E-state index in [4.69, 9.17) is 0 Å². The van der Waals surface area contributed by atoms with Crippen molar-refractivity contribution in [2.75, 3.05) is 5.32 Å². The second-order valence-corrected chi connectivity index (χ2v) is 4.70. The zero-order valence-corrected chi connectivity index (χ0v) is 11.0. The van der Waals surface area contributed by atoms with Crippen molar-refractivity contribution in [3.05, 3.63) is 59.8 Å². The summed E-state index contributed by atoms with van der Waals surface area (Å²) >= 11 is 0. The van der Waals surface area contributed by atoms with Crippen molar-refractivity contribution < 1.29 is 9.90 Å². The molecule has 0 aliphatic rings. The van der Waals surface area contributed by atoms with Crippen LogP contribution in [0.1, 0.15) is 15.9 Å². The Balaban J connectivity index is 1.95. The Kier molecular flexibility index (Phi) is 2.91. The normalized spacial score (nSPS) is 10.7. The number of hydrogen-bond donors (Lipinski definition) is 3. The summed E-state index contributed by atoms with van der Waals surface area (Å²) in [5.74, 6) is 0.0252. The zero-order valence-electron chi connectivity index (χ0n) is 11.0. The number of fused-ring (bicyclic) bond motifs is 1. The van der Waals surface area contributed by atoms with E-state index in [2.05, 4.69) is 10.3 Å². The summed E-state index contributed by atoms with van der Waals surface area (Å²) in [7, 11) is 0. The van der Waals surface area contributed by atoms with Gasteiger partial charge in [0.2, 0.25) is 0 Å². The fraction of sp³-hybridized carbons (Fsp3) is 0.0625. The fourth-order valence-electron chi connectivity index (χ4n) is 2.26. The molecule has 0 aliphatic heterocycles. The van der Waals surface area contributed by atoms with Crippen LogP contribution in [0.2, 0.25) is 0 Å². The van der Waals surface area contributed by atoms with Crippen molar-refractivity contribution in [2.24, 2.45) is 0 Å². The lowest BCUT2D eigenvalue weighted by molar-refractivity contribution is 0.102. The van der Waals surface area contributed by atoms with Crippen LogP contribution < -0.4 is 5.32 Å². The molecule has 0 fully saturated rings. The minimum Gasteiger partial charge on any atom is -0.508 e. The predicted molar refractivity (Wildman–Crippen MR) is 79.1 cm³/mol. The van der Waals surface area contributed by atoms with Gasteiger partial charge in [-0.2, -0.15) is 0 Å². The number of H-pyrrole nitrogens is 1. The van der Waals surface area contributed by atoms with E-state index < -0.39 is 0 Å². The molecule has 3 N–H and O–H groups in total. The third-order valence-corrected chi connectivity index (χ3v) is 3.30. The number of nitrogens with one attached hydrogen (secondary N) is 2. The summed E-state index contributed by atoms with van der Waals surface area (Å²) in [4.78, 5) is 15.5. The first kappa shape index (κ1) is 12.3. The molecule has 1 aromatic heterocycles. The number of rotatable bonds is 2. The van der Waals surface area contributed by atoms with Gasteiger partial charge in [0.05, 0.1) is 0 Å². The van der Waals surface area contributed by atoms with Crippen LogP contribution in [0.3, 0.4) is 0 Å². The maximum atomic E-state index is 12.4. The number of aryl methyl sites for hydroxylation is 1. The van der Waals surface area contributed by atoms with Crippen LogP contribution >= 0.6 is 0 Å². The van der Waals surface area contributed by atoms with Crippen LogP contribution in [-0.2, 0) is 0 Å². The number of benzene rings is 2. The molecule has 0 aliphatic carbocycles. The predicted octanol–water partition coefficient (Wildman–Crippen LogP) is 3.43. The van der Waals surface area contributed by atoms with Gasteiger partial charge in [-0.3, -0.25) is 4.79 Å². The molecule has 0 radical (unpaired) electrons. The fourth-order valence-corrected chi connectivity index (χ4v) is 2.26. The second-order valence-electron chi connectivity index (χ2n) is 4.70. The Labute approximate surface area is 116 Å². The highest BCUT2D eigenvalue weighted by molar-refractivity contribution is 6.12. The van der Waals surface area contributed by atoms with E-state index in [9.17, 15) is 9.90 Å². The molecule has 100 valence electrons. The number of anilines is 1. The molecule has 0 saturated heterocycles. The molecule has 0 saturated carbocycles.